The van der Waals surface area contributed by atoms with Gasteiger partial charge in [-0.3, -0.25) is 4.79 Å². The van der Waals surface area contributed by atoms with Crippen LogP contribution >= 0.6 is 11.6 Å². The molecule has 5 heteroatoms. The Hall–Kier alpha value is -1.52. The van der Waals surface area contributed by atoms with Crippen molar-refractivity contribution < 1.29 is 9.90 Å². The van der Waals surface area contributed by atoms with Crippen molar-refractivity contribution in [3.8, 4) is 0 Å². The van der Waals surface area contributed by atoms with E-state index in [2.05, 4.69) is 5.32 Å². The summed E-state index contributed by atoms with van der Waals surface area (Å²) in [7, 11) is 0. The summed E-state index contributed by atoms with van der Waals surface area (Å²) in [5, 5.41) is 14.2. The molecule has 4 nitrogen and oxygen atoms in total. The number of nitrogens with zero attached hydrogens (tertiary/aromatic N) is 1. The van der Waals surface area contributed by atoms with Crippen LogP contribution in [-0.4, -0.2) is 34.6 Å². The highest BCUT2D eigenvalue weighted by molar-refractivity contribution is 6.30. The van der Waals surface area contributed by atoms with Gasteiger partial charge in [-0.2, -0.15) is 0 Å². The zero-order chi connectivity index (χ0) is 14.3. The third-order valence-electron chi connectivity index (χ3n) is 3.99. The van der Waals surface area contributed by atoms with E-state index >= 15 is 0 Å². The first-order chi connectivity index (χ1) is 9.49. The number of aliphatic hydroxyl groups is 1. The standard InChI is InChI=1S/C15H17ClN2O2/c1-15(20)7-6-12(14-17-8-9-18(14)15)13(19)10-2-4-11(16)5-3-10/h2-5,17,20H,6-9H2,1H3. The molecule has 0 aromatic heterocycles. The van der Waals surface area contributed by atoms with Crippen LogP contribution in [0.3, 0.4) is 0 Å². The van der Waals surface area contributed by atoms with Gasteiger partial charge in [0, 0.05) is 29.2 Å². The van der Waals surface area contributed by atoms with Crippen LogP contribution in [0.2, 0.25) is 5.02 Å². The summed E-state index contributed by atoms with van der Waals surface area (Å²) in [6.07, 6.45) is 1.14. The summed E-state index contributed by atoms with van der Waals surface area (Å²) < 4.78 is 0. The summed E-state index contributed by atoms with van der Waals surface area (Å²) in [5.74, 6) is 0.785. The lowest BCUT2D eigenvalue weighted by Gasteiger charge is -2.40. The lowest BCUT2D eigenvalue weighted by Crippen LogP contribution is -2.47. The van der Waals surface area contributed by atoms with Gasteiger partial charge < -0.3 is 15.3 Å². The van der Waals surface area contributed by atoms with Gasteiger partial charge in [0.1, 0.15) is 11.5 Å². The Morgan fingerprint density at radius 3 is 2.80 bits per heavy atom. The molecule has 1 atom stereocenters. The minimum Gasteiger partial charge on any atom is -0.371 e. The molecule has 1 unspecified atom stereocenters. The van der Waals surface area contributed by atoms with Gasteiger partial charge in [0.25, 0.3) is 0 Å². The molecule has 0 amide bonds. The monoisotopic (exact) mass is 292 g/mol. The van der Waals surface area contributed by atoms with E-state index in [9.17, 15) is 9.90 Å². The number of Topliss-reactive ketones (excluding diaryl/α,β-unsaturated/α-hetero) is 1. The molecule has 106 valence electrons. The quantitative estimate of drug-likeness (QED) is 0.820. The van der Waals surface area contributed by atoms with Crippen LogP contribution in [0.25, 0.3) is 0 Å². The Kier molecular flexibility index (Phi) is 3.22. The van der Waals surface area contributed by atoms with Crippen LogP contribution < -0.4 is 5.32 Å². The molecule has 0 bridgehead atoms. The van der Waals surface area contributed by atoms with Crippen molar-refractivity contribution in [3.05, 3.63) is 46.2 Å². The molecule has 1 fully saturated rings. The highest BCUT2D eigenvalue weighted by atomic mass is 35.5. The molecule has 0 radical (unpaired) electrons. The van der Waals surface area contributed by atoms with Crippen LogP contribution in [0.15, 0.2) is 35.7 Å². The van der Waals surface area contributed by atoms with Gasteiger partial charge in [0.15, 0.2) is 5.78 Å². The predicted molar refractivity (Wildman–Crippen MR) is 77.4 cm³/mol. The summed E-state index contributed by atoms with van der Waals surface area (Å²) in [5.41, 5.74) is 0.506. The van der Waals surface area contributed by atoms with Gasteiger partial charge in [-0.15, -0.1) is 0 Å². The second-order valence-electron chi connectivity index (χ2n) is 5.46. The fourth-order valence-electron chi connectivity index (χ4n) is 2.86. The maximum absolute atomic E-state index is 12.6. The largest absolute Gasteiger partial charge is 0.371 e. The lowest BCUT2D eigenvalue weighted by atomic mass is 9.92. The number of benzene rings is 1. The van der Waals surface area contributed by atoms with Crippen LogP contribution in [0.5, 0.6) is 0 Å². The summed E-state index contributed by atoms with van der Waals surface area (Å²) in [4.78, 5) is 14.5. The van der Waals surface area contributed by atoms with E-state index in [0.717, 1.165) is 24.5 Å². The maximum Gasteiger partial charge on any atom is 0.192 e. The van der Waals surface area contributed by atoms with E-state index in [1.807, 2.05) is 4.90 Å². The fraction of sp³-hybridized carbons (Fsp3) is 0.400. The zero-order valence-electron chi connectivity index (χ0n) is 11.3. The van der Waals surface area contributed by atoms with Crippen molar-refractivity contribution in [2.24, 2.45) is 0 Å². The van der Waals surface area contributed by atoms with Crippen molar-refractivity contribution in [3.63, 3.8) is 0 Å². The third kappa shape index (κ3) is 2.19. The number of ketones is 1. The Balaban J connectivity index is 1.97. The predicted octanol–water partition coefficient (Wildman–Crippen LogP) is 2.14. The molecule has 2 N–H and O–H groups in total. The smallest absolute Gasteiger partial charge is 0.192 e. The van der Waals surface area contributed by atoms with Crippen molar-refractivity contribution >= 4 is 17.4 Å². The SMILES string of the molecule is CC1(O)CCC(C(=O)c2ccc(Cl)cc2)=C2NCCN21. The Labute approximate surface area is 123 Å². The molecule has 0 aliphatic carbocycles. The highest BCUT2D eigenvalue weighted by Crippen LogP contribution is 2.35. The van der Waals surface area contributed by atoms with Gasteiger partial charge in [0.05, 0.1) is 0 Å². The van der Waals surface area contributed by atoms with Crippen LogP contribution in [0, 0.1) is 0 Å². The highest BCUT2D eigenvalue weighted by Gasteiger charge is 2.40. The molecular formula is C15H17ClN2O2. The van der Waals surface area contributed by atoms with Crippen molar-refractivity contribution in [1.82, 2.24) is 10.2 Å². The van der Waals surface area contributed by atoms with E-state index in [1.54, 1.807) is 31.2 Å². The third-order valence-corrected chi connectivity index (χ3v) is 4.25. The average molecular weight is 293 g/mol. The second-order valence-corrected chi connectivity index (χ2v) is 5.90. The van der Waals surface area contributed by atoms with E-state index in [0.29, 0.717) is 23.4 Å². The molecule has 0 saturated carbocycles. The van der Waals surface area contributed by atoms with Crippen molar-refractivity contribution in [1.29, 1.82) is 0 Å². The number of hydrogen-bond donors (Lipinski definition) is 2. The van der Waals surface area contributed by atoms with Gasteiger partial charge >= 0.3 is 0 Å². The second kappa shape index (κ2) is 4.79. The van der Waals surface area contributed by atoms with Gasteiger partial charge in [-0.05, 0) is 44.0 Å². The number of carbonyl (C=O) groups excluding carboxylic acids is 1. The van der Waals surface area contributed by atoms with Gasteiger partial charge in [0.2, 0.25) is 0 Å². The summed E-state index contributed by atoms with van der Waals surface area (Å²) in [6.45, 7) is 3.27. The van der Waals surface area contributed by atoms with Gasteiger partial charge in [-0.25, -0.2) is 0 Å². The summed E-state index contributed by atoms with van der Waals surface area (Å²) >= 11 is 5.85. The first kappa shape index (κ1) is 13.5. The molecule has 0 spiro atoms. The number of carbonyl (C=O) groups is 1. The van der Waals surface area contributed by atoms with E-state index in [1.165, 1.54) is 0 Å². The maximum atomic E-state index is 12.6. The molecule has 2 heterocycles. The Morgan fingerprint density at radius 1 is 1.40 bits per heavy atom. The molecule has 1 aromatic carbocycles. The average Bonchev–Trinajstić information content (AvgIpc) is 2.90. The van der Waals surface area contributed by atoms with E-state index in [4.69, 9.17) is 11.6 Å². The topological polar surface area (TPSA) is 52.6 Å². The Bertz CT molecular complexity index is 578. The van der Waals surface area contributed by atoms with Gasteiger partial charge in [-0.1, -0.05) is 11.6 Å². The van der Waals surface area contributed by atoms with Crippen molar-refractivity contribution in [2.45, 2.75) is 25.5 Å². The number of fused-ring (bicyclic) bond motifs is 1. The lowest BCUT2D eigenvalue weighted by molar-refractivity contribution is -0.0788. The molecule has 3 rings (SSSR count). The molecule has 20 heavy (non-hydrogen) atoms. The van der Waals surface area contributed by atoms with E-state index in [-0.39, 0.29) is 5.78 Å². The number of hydrogen-bond acceptors (Lipinski definition) is 4. The first-order valence-corrected chi connectivity index (χ1v) is 7.14. The Morgan fingerprint density at radius 2 is 2.10 bits per heavy atom. The van der Waals surface area contributed by atoms with Crippen LogP contribution in [0.1, 0.15) is 30.1 Å². The van der Waals surface area contributed by atoms with Crippen LogP contribution in [-0.2, 0) is 0 Å². The number of halogens is 1. The molecular weight excluding hydrogens is 276 g/mol. The molecule has 2 aliphatic heterocycles. The zero-order valence-corrected chi connectivity index (χ0v) is 12.1. The van der Waals surface area contributed by atoms with E-state index < -0.39 is 5.72 Å². The minimum absolute atomic E-state index is 0.00608. The van der Waals surface area contributed by atoms with Crippen molar-refractivity contribution in [2.75, 3.05) is 13.1 Å². The molecule has 1 saturated heterocycles. The fourth-order valence-corrected chi connectivity index (χ4v) is 2.98. The minimum atomic E-state index is -0.872. The number of nitrogens with one attached hydrogen (secondary N) is 1. The molecule has 2 aliphatic rings. The summed E-state index contributed by atoms with van der Waals surface area (Å²) in [6, 6.07) is 6.92. The normalized spacial score (nSPS) is 25.4. The number of allylic oxidation sites excluding steroid dienone is 1. The molecule has 1 aromatic rings. The van der Waals surface area contributed by atoms with Crippen LogP contribution in [0.4, 0.5) is 0 Å². The number of rotatable bonds is 2. The first-order valence-electron chi connectivity index (χ1n) is 6.76.